The standard InChI is InChI=1S/C14H14BrN5O/c15-11-2-3-12(18-10-11)13(21)19-6-8-20(9-7-19)14-16-4-1-5-17-14/h1-5,10H,6-9H2. The number of pyridine rings is 1. The normalized spacial score (nSPS) is 15.1. The predicted molar refractivity (Wildman–Crippen MR) is 82.1 cm³/mol. The summed E-state index contributed by atoms with van der Waals surface area (Å²) in [5, 5.41) is 0. The first-order valence-corrected chi connectivity index (χ1v) is 7.46. The van der Waals surface area contributed by atoms with Crippen LogP contribution in [-0.4, -0.2) is 51.9 Å². The van der Waals surface area contributed by atoms with Crippen molar-refractivity contribution in [3.63, 3.8) is 0 Å². The van der Waals surface area contributed by atoms with Gasteiger partial charge in [0.05, 0.1) is 0 Å². The monoisotopic (exact) mass is 347 g/mol. The lowest BCUT2D eigenvalue weighted by molar-refractivity contribution is 0.0740. The zero-order valence-electron chi connectivity index (χ0n) is 11.3. The second kappa shape index (κ2) is 6.17. The van der Waals surface area contributed by atoms with Crippen molar-refractivity contribution in [2.24, 2.45) is 0 Å². The molecule has 21 heavy (non-hydrogen) atoms. The van der Waals surface area contributed by atoms with Crippen LogP contribution in [0.4, 0.5) is 5.95 Å². The molecule has 2 aromatic heterocycles. The molecule has 0 N–H and O–H groups in total. The average Bonchev–Trinajstić information content (AvgIpc) is 2.56. The number of aromatic nitrogens is 3. The van der Waals surface area contributed by atoms with Crippen LogP contribution in [-0.2, 0) is 0 Å². The predicted octanol–water partition coefficient (Wildman–Crippen LogP) is 1.60. The Morgan fingerprint density at radius 2 is 1.76 bits per heavy atom. The number of nitrogens with zero attached hydrogens (tertiary/aromatic N) is 5. The maximum absolute atomic E-state index is 12.4. The van der Waals surface area contributed by atoms with E-state index < -0.39 is 0 Å². The number of hydrogen-bond acceptors (Lipinski definition) is 5. The van der Waals surface area contributed by atoms with Gasteiger partial charge >= 0.3 is 0 Å². The van der Waals surface area contributed by atoms with E-state index in [9.17, 15) is 4.79 Å². The molecule has 108 valence electrons. The first kappa shape index (κ1) is 13.9. The SMILES string of the molecule is O=C(c1ccc(Br)cn1)N1CCN(c2ncccn2)CC1. The molecule has 3 rings (SSSR count). The maximum Gasteiger partial charge on any atom is 0.272 e. The molecule has 0 spiro atoms. The van der Waals surface area contributed by atoms with E-state index in [-0.39, 0.29) is 5.91 Å². The molecule has 2 aromatic rings. The van der Waals surface area contributed by atoms with E-state index in [1.807, 2.05) is 11.0 Å². The van der Waals surface area contributed by atoms with Crippen LogP contribution in [0, 0.1) is 0 Å². The van der Waals surface area contributed by atoms with Crippen LogP contribution in [0.2, 0.25) is 0 Å². The van der Waals surface area contributed by atoms with Crippen LogP contribution in [0.1, 0.15) is 10.5 Å². The fourth-order valence-electron chi connectivity index (χ4n) is 2.23. The Bertz CT molecular complexity index is 611. The third-order valence-corrected chi connectivity index (χ3v) is 3.82. The fourth-order valence-corrected chi connectivity index (χ4v) is 2.46. The molecular formula is C14H14BrN5O. The van der Waals surface area contributed by atoms with Crippen molar-refractivity contribution in [3.05, 3.63) is 47.0 Å². The molecule has 6 nitrogen and oxygen atoms in total. The van der Waals surface area contributed by atoms with Gasteiger partial charge in [0.15, 0.2) is 0 Å². The van der Waals surface area contributed by atoms with E-state index in [2.05, 4.69) is 35.8 Å². The molecule has 1 fully saturated rings. The summed E-state index contributed by atoms with van der Waals surface area (Å²) in [5.74, 6) is 0.683. The highest BCUT2D eigenvalue weighted by atomic mass is 79.9. The van der Waals surface area contributed by atoms with E-state index in [1.165, 1.54) is 0 Å². The topological polar surface area (TPSA) is 62.2 Å². The van der Waals surface area contributed by atoms with Gasteiger partial charge in [-0.15, -0.1) is 0 Å². The summed E-state index contributed by atoms with van der Waals surface area (Å²) < 4.78 is 0.866. The quantitative estimate of drug-likeness (QED) is 0.825. The van der Waals surface area contributed by atoms with E-state index in [0.717, 1.165) is 17.6 Å². The second-order valence-corrected chi connectivity index (χ2v) is 5.61. The number of rotatable bonds is 2. The molecule has 0 unspecified atom stereocenters. The summed E-state index contributed by atoms with van der Waals surface area (Å²) in [5.41, 5.74) is 0.475. The molecule has 0 saturated carbocycles. The first-order chi connectivity index (χ1) is 10.2. The summed E-state index contributed by atoms with van der Waals surface area (Å²) in [6, 6.07) is 5.36. The van der Waals surface area contributed by atoms with Gasteiger partial charge in [-0.2, -0.15) is 0 Å². The van der Waals surface area contributed by atoms with Crippen LogP contribution >= 0.6 is 15.9 Å². The third-order valence-electron chi connectivity index (χ3n) is 3.35. The molecule has 1 amide bonds. The molecule has 0 bridgehead atoms. The minimum absolute atomic E-state index is 0.0314. The van der Waals surface area contributed by atoms with Crippen molar-refractivity contribution in [1.82, 2.24) is 19.9 Å². The minimum Gasteiger partial charge on any atom is -0.337 e. The third kappa shape index (κ3) is 3.18. The van der Waals surface area contributed by atoms with Crippen LogP contribution in [0.25, 0.3) is 0 Å². The Kier molecular flexibility index (Phi) is 4.10. The molecule has 0 atom stereocenters. The van der Waals surface area contributed by atoms with Gasteiger partial charge < -0.3 is 9.80 Å². The summed E-state index contributed by atoms with van der Waals surface area (Å²) in [6.45, 7) is 2.75. The average molecular weight is 348 g/mol. The van der Waals surface area contributed by atoms with Crippen molar-refractivity contribution in [2.75, 3.05) is 31.1 Å². The van der Waals surface area contributed by atoms with Gasteiger partial charge in [0.1, 0.15) is 5.69 Å². The van der Waals surface area contributed by atoms with Gasteiger partial charge in [-0.05, 0) is 34.1 Å². The smallest absolute Gasteiger partial charge is 0.272 e. The molecule has 0 radical (unpaired) electrons. The molecule has 0 aromatic carbocycles. The van der Waals surface area contributed by atoms with Gasteiger partial charge in [-0.25, -0.2) is 15.0 Å². The summed E-state index contributed by atoms with van der Waals surface area (Å²) in [7, 11) is 0. The highest BCUT2D eigenvalue weighted by molar-refractivity contribution is 9.10. The number of halogens is 1. The van der Waals surface area contributed by atoms with Crippen molar-refractivity contribution in [3.8, 4) is 0 Å². The highest BCUT2D eigenvalue weighted by Crippen LogP contribution is 2.13. The van der Waals surface area contributed by atoms with Crippen LogP contribution in [0.3, 0.4) is 0 Å². The largest absolute Gasteiger partial charge is 0.337 e. The zero-order valence-corrected chi connectivity index (χ0v) is 12.9. The molecule has 1 saturated heterocycles. The molecule has 0 aliphatic carbocycles. The Morgan fingerprint density at radius 3 is 2.38 bits per heavy atom. The fraction of sp³-hybridized carbons (Fsp3) is 0.286. The van der Waals surface area contributed by atoms with Crippen molar-refractivity contribution >= 4 is 27.8 Å². The Balaban J connectivity index is 1.63. The number of amides is 1. The summed E-state index contributed by atoms with van der Waals surface area (Å²) >= 11 is 3.32. The van der Waals surface area contributed by atoms with E-state index >= 15 is 0 Å². The lowest BCUT2D eigenvalue weighted by Crippen LogP contribution is -2.49. The van der Waals surface area contributed by atoms with Gasteiger partial charge in [-0.3, -0.25) is 4.79 Å². The van der Waals surface area contributed by atoms with Crippen LogP contribution < -0.4 is 4.90 Å². The van der Waals surface area contributed by atoms with E-state index in [4.69, 9.17) is 0 Å². The lowest BCUT2D eigenvalue weighted by Gasteiger charge is -2.34. The molecule has 7 heteroatoms. The number of carbonyl (C=O) groups excluding carboxylic acids is 1. The van der Waals surface area contributed by atoms with Gasteiger partial charge in [-0.1, -0.05) is 0 Å². The summed E-state index contributed by atoms with van der Waals surface area (Å²) in [4.78, 5) is 28.9. The molecular weight excluding hydrogens is 334 g/mol. The van der Waals surface area contributed by atoms with Crippen LogP contribution in [0.15, 0.2) is 41.3 Å². The lowest BCUT2D eigenvalue weighted by atomic mass is 10.2. The number of hydrogen-bond donors (Lipinski definition) is 0. The molecule has 1 aliphatic heterocycles. The second-order valence-electron chi connectivity index (χ2n) is 4.69. The van der Waals surface area contributed by atoms with Crippen molar-refractivity contribution in [1.29, 1.82) is 0 Å². The highest BCUT2D eigenvalue weighted by Gasteiger charge is 2.23. The summed E-state index contributed by atoms with van der Waals surface area (Å²) in [6.07, 6.45) is 5.10. The van der Waals surface area contributed by atoms with E-state index in [0.29, 0.717) is 24.7 Å². The Hall–Kier alpha value is -2.02. The minimum atomic E-state index is -0.0314. The Morgan fingerprint density at radius 1 is 1.05 bits per heavy atom. The number of carbonyl (C=O) groups is 1. The van der Waals surface area contributed by atoms with Crippen LogP contribution in [0.5, 0.6) is 0 Å². The van der Waals surface area contributed by atoms with Gasteiger partial charge in [0.2, 0.25) is 5.95 Å². The number of anilines is 1. The van der Waals surface area contributed by atoms with Gasteiger partial charge in [0, 0.05) is 49.2 Å². The van der Waals surface area contributed by atoms with Crippen molar-refractivity contribution in [2.45, 2.75) is 0 Å². The van der Waals surface area contributed by atoms with Gasteiger partial charge in [0.25, 0.3) is 5.91 Å². The molecule has 3 heterocycles. The maximum atomic E-state index is 12.4. The zero-order chi connectivity index (χ0) is 14.7. The number of piperazine rings is 1. The molecule has 1 aliphatic rings. The van der Waals surface area contributed by atoms with E-state index in [1.54, 1.807) is 30.7 Å². The first-order valence-electron chi connectivity index (χ1n) is 6.67. The Labute approximate surface area is 131 Å². The van der Waals surface area contributed by atoms with Crippen molar-refractivity contribution < 1.29 is 4.79 Å².